The fourth-order valence-electron chi connectivity index (χ4n) is 3.29. The minimum Gasteiger partial charge on any atom is -0.429 e. The van der Waals surface area contributed by atoms with Crippen LogP contribution in [-0.4, -0.2) is 18.2 Å². The van der Waals surface area contributed by atoms with Gasteiger partial charge in [-0.15, -0.1) is 0 Å². The Morgan fingerprint density at radius 1 is 1.16 bits per heavy atom. The van der Waals surface area contributed by atoms with Gasteiger partial charge in [-0.2, -0.15) is 0 Å². The third-order valence-corrected chi connectivity index (χ3v) is 4.67. The molecule has 0 spiro atoms. The molecule has 1 aromatic carbocycles. The Morgan fingerprint density at radius 3 is 2.60 bits per heavy atom. The van der Waals surface area contributed by atoms with E-state index in [1.165, 1.54) is 0 Å². The van der Waals surface area contributed by atoms with Gasteiger partial charge in [0.05, 0.1) is 10.6 Å². The van der Waals surface area contributed by atoms with E-state index < -0.39 is 12.1 Å². The third-order valence-electron chi connectivity index (χ3n) is 4.67. The van der Waals surface area contributed by atoms with Crippen LogP contribution in [0.1, 0.15) is 56.0 Å². The molecule has 0 saturated heterocycles. The highest BCUT2D eigenvalue weighted by Gasteiger charge is 2.34. The molecule has 2 rings (SSSR count). The van der Waals surface area contributed by atoms with Gasteiger partial charge in [0.15, 0.2) is 0 Å². The Hall–Kier alpha value is -2.08. The summed E-state index contributed by atoms with van der Waals surface area (Å²) in [4.78, 5) is 32.5. The lowest BCUT2D eigenvalue weighted by molar-refractivity contribution is -0.453. The molecular weight excluding hydrogens is 324 g/mol. The van der Waals surface area contributed by atoms with Crippen molar-refractivity contribution in [2.75, 3.05) is 0 Å². The normalized spacial score (nSPS) is 23.2. The molecule has 1 saturated carbocycles. The minimum atomic E-state index is -0.998. The van der Waals surface area contributed by atoms with E-state index in [-0.39, 0.29) is 6.10 Å². The van der Waals surface area contributed by atoms with E-state index in [9.17, 15) is 9.59 Å². The molecule has 0 heterocycles. The summed E-state index contributed by atoms with van der Waals surface area (Å²) in [6.07, 6.45) is 1.72. The summed E-state index contributed by atoms with van der Waals surface area (Å²) in [6, 6.07) is 6.79. The maximum absolute atomic E-state index is 11.8. The van der Waals surface area contributed by atoms with Gasteiger partial charge < -0.3 is 4.74 Å². The van der Waals surface area contributed by atoms with E-state index >= 15 is 0 Å². The number of carbonyl (C=O) groups excluding carboxylic acids is 2. The topological polar surface area (TPSA) is 71.1 Å². The van der Waals surface area contributed by atoms with Crippen LogP contribution < -0.4 is 0 Å². The largest absolute Gasteiger partial charge is 0.543 e. The molecular formula is C19H26O6. The first-order valence-electron chi connectivity index (χ1n) is 8.69. The van der Waals surface area contributed by atoms with Crippen LogP contribution in [0.25, 0.3) is 0 Å². The number of rotatable bonds is 5. The molecule has 0 N–H and O–H groups in total. The van der Waals surface area contributed by atoms with Crippen molar-refractivity contribution in [1.29, 1.82) is 0 Å². The number of hydrogen-bond donors (Lipinski definition) is 0. The van der Waals surface area contributed by atoms with Gasteiger partial charge in [-0.1, -0.05) is 44.9 Å². The molecule has 0 amide bonds. The molecule has 138 valence electrons. The van der Waals surface area contributed by atoms with Gasteiger partial charge in [0, 0.05) is 0 Å². The SMILES string of the molecule is Cc1cccc(C(=O)OOOC(=O)OC2CC(C)CCC2C(C)C)c1. The zero-order chi connectivity index (χ0) is 18.4. The fourth-order valence-corrected chi connectivity index (χ4v) is 3.29. The van der Waals surface area contributed by atoms with Gasteiger partial charge in [0.25, 0.3) is 0 Å². The summed E-state index contributed by atoms with van der Waals surface area (Å²) in [7, 11) is 0. The van der Waals surface area contributed by atoms with Crippen LogP contribution >= 0.6 is 0 Å². The van der Waals surface area contributed by atoms with Crippen molar-refractivity contribution in [1.82, 2.24) is 0 Å². The lowest BCUT2D eigenvalue weighted by atomic mass is 9.75. The standard InChI is InChI=1S/C19H26O6/c1-12(2)16-9-8-14(4)11-17(16)22-19(21)24-25-23-18(20)15-7-5-6-13(3)10-15/h5-7,10,12,14,16-17H,8-9,11H2,1-4H3. The molecule has 1 aromatic rings. The van der Waals surface area contributed by atoms with Gasteiger partial charge in [0.1, 0.15) is 6.10 Å². The molecule has 0 aromatic heterocycles. The predicted molar refractivity (Wildman–Crippen MR) is 90.4 cm³/mol. The first-order valence-corrected chi connectivity index (χ1v) is 8.69. The fraction of sp³-hybridized carbons (Fsp3) is 0.579. The maximum Gasteiger partial charge on any atom is 0.543 e. The molecule has 25 heavy (non-hydrogen) atoms. The smallest absolute Gasteiger partial charge is 0.429 e. The highest BCUT2D eigenvalue weighted by Crippen LogP contribution is 2.35. The quantitative estimate of drug-likeness (QED) is 0.439. The Morgan fingerprint density at radius 2 is 1.92 bits per heavy atom. The molecule has 1 aliphatic carbocycles. The van der Waals surface area contributed by atoms with Crippen LogP contribution in [-0.2, 0) is 19.6 Å². The molecule has 6 nitrogen and oxygen atoms in total. The summed E-state index contributed by atoms with van der Waals surface area (Å²) < 4.78 is 5.36. The number of ether oxygens (including phenoxy) is 1. The van der Waals surface area contributed by atoms with Crippen molar-refractivity contribution in [3.05, 3.63) is 35.4 Å². The van der Waals surface area contributed by atoms with Crippen molar-refractivity contribution >= 4 is 12.1 Å². The molecule has 3 unspecified atom stereocenters. The Labute approximate surface area is 148 Å². The molecule has 1 aliphatic rings. The molecule has 1 fully saturated rings. The highest BCUT2D eigenvalue weighted by molar-refractivity contribution is 5.89. The first kappa shape index (κ1) is 19.2. The van der Waals surface area contributed by atoms with Gasteiger partial charge in [-0.25, -0.2) is 14.5 Å². The second-order valence-corrected chi connectivity index (χ2v) is 7.12. The molecule has 6 heteroatoms. The van der Waals surface area contributed by atoms with Crippen molar-refractivity contribution in [2.45, 2.75) is 53.1 Å². The van der Waals surface area contributed by atoms with Gasteiger partial charge in [0.2, 0.25) is 0 Å². The Kier molecular flexibility index (Phi) is 6.82. The Balaban J connectivity index is 1.78. The second-order valence-electron chi connectivity index (χ2n) is 7.12. The lowest BCUT2D eigenvalue weighted by Gasteiger charge is -2.36. The van der Waals surface area contributed by atoms with E-state index in [1.807, 2.05) is 13.0 Å². The van der Waals surface area contributed by atoms with E-state index in [0.717, 1.165) is 24.8 Å². The summed E-state index contributed by atoms with van der Waals surface area (Å²) in [6.45, 7) is 8.21. The van der Waals surface area contributed by atoms with E-state index in [2.05, 4.69) is 35.6 Å². The zero-order valence-electron chi connectivity index (χ0n) is 15.2. The predicted octanol–water partition coefficient (Wildman–Crippen LogP) is 4.61. The van der Waals surface area contributed by atoms with Crippen molar-refractivity contribution in [3.8, 4) is 0 Å². The number of aryl methyl sites for hydroxylation is 1. The van der Waals surface area contributed by atoms with Gasteiger partial charge in [-0.3, -0.25) is 4.89 Å². The maximum atomic E-state index is 11.8. The summed E-state index contributed by atoms with van der Waals surface area (Å²) in [5, 5.41) is 4.29. The highest BCUT2D eigenvalue weighted by atomic mass is 17.5. The number of hydrogen-bond acceptors (Lipinski definition) is 6. The summed E-state index contributed by atoms with van der Waals surface area (Å²) >= 11 is 0. The van der Waals surface area contributed by atoms with Crippen LogP contribution in [0, 0.1) is 24.7 Å². The Bertz CT molecular complexity index is 597. The summed E-state index contributed by atoms with van der Waals surface area (Å²) in [5.74, 6) is 0.444. The van der Waals surface area contributed by atoms with Gasteiger partial charge in [-0.05, 0) is 49.7 Å². The zero-order valence-corrected chi connectivity index (χ0v) is 15.2. The van der Waals surface area contributed by atoms with E-state index in [4.69, 9.17) is 4.74 Å². The monoisotopic (exact) mass is 350 g/mol. The van der Waals surface area contributed by atoms with E-state index in [0.29, 0.717) is 23.3 Å². The van der Waals surface area contributed by atoms with Crippen molar-refractivity contribution < 1.29 is 29.1 Å². The average Bonchev–Trinajstić information content (AvgIpc) is 2.54. The number of carbonyl (C=O) groups is 2. The van der Waals surface area contributed by atoms with Crippen LogP contribution in [0.15, 0.2) is 24.3 Å². The van der Waals surface area contributed by atoms with Crippen LogP contribution in [0.3, 0.4) is 0 Å². The van der Waals surface area contributed by atoms with Gasteiger partial charge >= 0.3 is 12.1 Å². The lowest BCUT2D eigenvalue weighted by Crippen LogP contribution is -2.36. The average molecular weight is 350 g/mol. The first-order chi connectivity index (χ1) is 11.9. The van der Waals surface area contributed by atoms with Crippen molar-refractivity contribution in [3.63, 3.8) is 0 Å². The van der Waals surface area contributed by atoms with Crippen LogP contribution in [0.5, 0.6) is 0 Å². The van der Waals surface area contributed by atoms with Crippen LogP contribution in [0.2, 0.25) is 0 Å². The molecule has 0 bridgehead atoms. The minimum absolute atomic E-state index is 0.215. The van der Waals surface area contributed by atoms with Crippen LogP contribution in [0.4, 0.5) is 4.79 Å². The molecule has 0 radical (unpaired) electrons. The second kappa shape index (κ2) is 8.85. The van der Waals surface area contributed by atoms with Crippen molar-refractivity contribution in [2.24, 2.45) is 17.8 Å². The molecule has 3 atom stereocenters. The number of benzene rings is 1. The van der Waals surface area contributed by atoms with E-state index in [1.54, 1.807) is 18.2 Å². The third kappa shape index (κ3) is 5.74. The summed E-state index contributed by atoms with van der Waals surface area (Å²) in [5.41, 5.74) is 1.21. The molecule has 0 aliphatic heterocycles.